The lowest BCUT2D eigenvalue weighted by Gasteiger charge is -2.53. The standard InChI is InChI=1S/C54H59N3O9/c1-51(2)29-40-36(21-22-43-52(3,63-43)24-23-41(40)51)27-33-17-19-34(20-18-33)32-57-46-49(60)62-42-30-53(46,50(61)56-31-35-11-10-12-37(28-35)48(59)55-25-26-58)47(66-57)45-44(42)64-54(65-45,38-13-6-4-7-14-38)39-15-8-5-9-16-39/h4-20,27-28,40-47,58H,21-26,29-32H2,1-3H3,(H,55,59)(H,56,61). The van der Waals surface area contributed by atoms with Gasteiger partial charge in [-0.05, 0) is 85.1 Å². The smallest absolute Gasteiger partial charge is 0.327 e. The second-order valence-corrected chi connectivity index (χ2v) is 20.5. The van der Waals surface area contributed by atoms with Crippen molar-refractivity contribution in [1.29, 1.82) is 0 Å². The highest BCUT2D eigenvalue weighted by atomic mass is 16.8. The van der Waals surface area contributed by atoms with Gasteiger partial charge in [-0.15, -0.1) is 0 Å². The second-order valence-electron chi connectivity index (χ2n) is 20.5. The summed E-state index contributed by atoms with van der Waals surface area (Å²) in [5.41, 5.74) is 5.13. The van der Waals surface area contributed by atoms with Crippen LogP contribution < -0.4 is 10.6 Å². The predicted octanol–water partition coefficient (Wildman–Crippen LogP) is 6.99. The van der Waals surface area contributed by atoms with Crippen LogP contribution in [0.15, 0.2) is 115 Å². The van der Waals surface area contributed by atoms with Gasteiger partial charge in [-0.1, -0.05) is 123 Å². The fourth-order valence-electron chi connectivity index (χ4n) is 12.4. The quantitative estimate of drug-likeness (QED) is 0.106. The van der Waals surface area contributed by atoms with Crippen molar-refractivity contribution in [3.05, 3.63) is 148 Å². The molecular weight excluding hydrogens is 835 g/mol. The molecule has 3 aliphatic carbocycles. The van der Waals surface area contributed by atoms with E-state index in [9.17, 15) is 14.7 Å². The van der Waals surface area contributed by atoms with E-state index in [1.165, 1.54) is 18.4 Å². The third-order valence-corrected chi connectivity index (χ3v) is 16.0. The van der Waals surface area contributed by atoms with Gasteiger partial charge in [-0.2, -0.15) is 5.06 Å². The molecule has 7 fully saturated rings. The van der Waals surface area contributed by atoms with E-state index in [1.54, 1.807) is 23.3 Å². The Kier molecular flexibility index (Phi) is 10.9. The Balaban J connectivity index is 0.903. The molecule has 12 heteroatoms. The van der Waals surface area contributed by atoms with Crippen molar-refractivity contribution in [2.75, 3.05) is 13.2 Å². The number of carbonyl (C=O) groups is 3. The molecule has 12 nitrogen and oxygen atoms in total. The number of hydroxylamine groups is 2. The molecule has 4 saturated heterocycles. The molecule has 10 atom stereocenters. The molecule has 66 heavy (non-hydrogen) atoms. The maximum Gasteiger partial charge on any atom is 0.327 e. The topological polar surface area (TPSA) is 148 Å². The van der Waals surface area contributed by atoms with Crippen LogP contribution in [0.25, 0.3) is 6.08 Å². The first-order valence-corrected chi connectivity index (χ1v) is 23.7. The Hall–Kier alpha value is -5.21. The number of amides is 2. The summed E-state index contributed by atoms with van der Waals surface area (Å²) < 4.78 is 26.7. The summed E-state index contributed by atoms with van der Waals surface area (Å²) in [7, 11) is 0. The van der Waals surface area contributed by atoms with Gasteiger partial charge < -0.3 is 34.7 Å². The zero-order chi connectivity index (χ0) is 45.4. The molecular formula is C54H59N3O9. The summed E-state index contributed by atoms with van der Waals surface area (Å²) in [6.07, 6.45) is 5.21. The molecule has 7 aliphatic rings. The lowest BCUT2D eigenvalue weighted by atomic mass is 9.52. The second kappa shape index (κ2) is 16.5. The first kappa shape index (κ1) is 43.4. The van der Waals surface area contributed by atoms with Crippen molar-refractivity contribution in [2.45, 2.75) is 120 Å². The zero-order valence-electron chi connectivity index (χ0n) is 37.8. The lowest BCUT2D eigenvalue weighted by molar-refractivity contribution is -0.213. The van der Waals surface area contributed by atoms with Crippen LogP contribution in [0.5, 0.6) is 0 Å². The van der Waals surface area contributed by atoms with Gasteiger partial charge in [0.05, 0.1) is 24.9 Å². The molecule has 0 aromatic heterocycles. The van der Waals surface area contributed by atoms with Crippen LogP contribution in [-0.2, 0) is 52.3 Å². The van der Waals surface area contributed by atoms with Gasteiger partial charge in [-0.25, -0.2) is 0 Å². The third-order valence-electron chi connectivity index (χ3n) is 16.0. The highest BCUT2D eigenvalue weighted by molar-refractivity contribution is 5.95. The van der Waals surface area contributed by atoms with Crippen LogP contribution in [0, 0.1) is 22.7 Å². The van der Waals surface area contributed by atoms with Gasteiger partial charge in [0.15, 0.2) is 6.04 Å². The maximum atomic E-state index is 15.2. The van der Waals surface area contributed by atoms with Crippen LogP contribution in [0.1, 0.15) is 97.5 Å². The minimum absolute atomic E-state index is 0.0325. The van der Waals surface area contributed by atoms with Crippen LogP contribution in [0.2, 0.25) is 0 Å². The van der Waals surface area contributed by atoms with E-state index in [-0.39, 0.29) is 50.1 Å². The molecule has 0 radical (unpaired) electrons. The highest BCUT2D eigenvalue weighted by Crippen LogP contribution is 2.61. The van der Waals surface area contributed by atoms with E-state index in [4.69, 9.17) is 23.8 Å². The lowest BCUT2D eigenvalue weighted by Crippen LogP contribution is -2.69. The third kappa shape index (κ3) is 7.32. The van der Waals surface area contributed by atoms with Crippen LogP contribution in [0.4, 0.5) is 0 Å². The van der Waals surface area contributed by atoms with Gasteiger partial charge in [0.25, 0.3) is 5.91 Å². The summed E-state index contributed by atoms with van der Waals surface area (Å²) >= 11 is 0. The van der Waals surface area contributed by atoms with E-state index in [2.05, 4.69) is 61.7 Å². The van der Waals surface area contributed by atoms with Crippen molar-refractivity contribution >= 4 is 23.9 Å². The van der Waals surface area contributed by atoms with Crippen molar-refractivity contribution in [3.8, 4) is 0 Å². The molecule has 4 aliphatic heterocycles. The Morgan fingerprint density at radius 1 is 0.818 bits per heavy atom. The van der Waals surface area contributed by atoms with Crippen molar-refractivity contribution in [2.24, 2.45) is 22.7 Å². The summed E-state index contributed by atoms with van der Waals surface area (Å²) in [4.78, 5) is 49.4. The largest absolute Gasteiger partial charge is 0.458 e. The molecule has 3 N–H and O–H groups in total. The minimum Gasteiger partial charge on any atom is -0.458 e. The molecule has 2 amide bonds. The van der Waals surface area contributed by atoms with Crippen LogP contribution >= 0.6 is 0 Å². The number of carbonyl (C=O) groups excluding carboxylic acids is 3. The number of rotatable bonds is 11. The number of hydrogen-bond donors (Lipinski definition) is 3. The SMILES string of the molecule is CC1(C)CC2C(=Cc3ccc(CN4OC5C6OC(c7ccccc7)(c7ccccc7)OC6C6CC5(C(=O)NCc5cccc(C(=O)NCCO)c5)C4C(=O)O6)cc3)CCC3OC3(C)CCC21. The molecule has 2 bridgehead atoms. The minimum atomic E-state index is -1.42. The molecule has 4 aromatic carbocycles. The molecule has 3 saturated carbocycles. The highest BCUT2D eigenvalue weighted by Gasteiger charge is 2.76. The average molecular weight is 894 g/mol. The number of esters is 1. The molecule has 11 rings (SSSR count). The Morgan fingerprint density at radius 2 is 1.55 bits per heavy atom. The summed E-state index contributed by atoms with van der Waals surface area (Å²) in [5, 5.41) is 16.7. The number of epoxide rings is 1. The van der Waals surface area contributed by atoms with Gasteiger partial charge >= 0.3 is 5.97 Å². The number of fused-ring (bicyclic) bond motifs is 6. The van der Waals surface area contributed by atoms with E-state index >= 15 is 4.79 Å². The molecule has 10 unspecified atom stereocenters. The normalized spacial score (nSPS) is 34.0. The number of nitrogens with zero attached hydrogens (tertiary/aromatic N) is 1. The van der Waals surface area contributed by atoms with Gasteiger partial charge in [0.1, 0.15) is 29.8 Å². The zero-order valence-corrected chi connectivity index (χ0v) is 37.8. The predicted molar refractivity (Wildman–Crippen MR) is 244 cm³/mol. The maximum absolute atomic E-state index is 15.2. The monoisotopic (exact) mass is 893 g/mol. The number of hydrogen-bond acceptors (Lipinski definition) is 10. The number of nitrogens with one attached hydrogen (secondary N) is 2. The number of ether oxygens (including phenoxy) is 4. The van der Waals surface area contributed by atoms with Gasteiger partial charge in [-0.3, -0.25) is 19.2 Å². The number of aliphatic hydroxyl groups excluding tert-OH is 1. The van der Waals surface area contributed by atoms with E-state index in [0.29, 0.717) is 34.5 Å². The van der Waals surface area contributed by atoms with Crippen molar-refractivity contribution in [1.82, 2.24) is 15.7 Å². The van der Waals surface area contributed by atoms with Gasteiger partial charge in [0.2, 0.25) is 11.7 Å². The summed E-state index contributed by atoms with van der Waals surface area (Å²) in [6.45, 7) is 7.36. The number of allylic oxidation sites excluding steroid dienone is 1. The van der Waals surface area contributed by atoms with E-state index < -0.39 is 47.6 Å². The first-order chi connectivity index (χ1) is 31.9. The Labute approximate surface area is 385 Å². The Bertz CT molecular complexity index is 2490. The Morgan fingerprint density at radius 3 is 2.26 bits per heavy atom. The van der Waals surface area contributed by atoms with E-state index in [1.807, 2.05) is 66.7 Å². The number of aliphatic hydroxyl groups is 1. The molecule has 4 aromatic rings. The van der Waals surface area contributed by atoms with Crippen molar-refractivity contribution in [3.63, 3.8) is 0 Å². The molecule has 4 heterocycles. The average Bonchev–Trinajstić information content (AvgIpc) is 3.59. The summed E-state index contributed by atoms with van der Waals surface area (Å²) in [5.74, 6) is -1.40. The van der Waals surface area contributed by atoms with Crippen LogP contribution in [0.3, 0.4) is 0 Å². The van der Waals surface area contributed by atoms with Gasteiger partial charge in [0, 0.05) is 36.2 Å². The fraction of sp³-hybridized carbons (Fsp3) is 0.463. The fourth-order valence-corrected chi connectivity index (χ4v) is 12.4. The molecule has 0 spiro atoms. The number of benzene rings is 4. The van der Waals surface area contributed by atoms with Crippen molar-refractivity contribution < 1.29 is 43.3 Å². The summed E-state index contributed by atoms with van der Waals surface area (Å²) in [6, 6.07) is 33.7. The van der Waals surface area contributed by atoms with Crippen LogP contribution in [-0.4, -0.2) is 83.3 Å². The molecule has 344 valence electrons. The van der Waals surface area contributed by atoms with E-state index in [0.717, 1.165) is 41.5 Å². The first-order valence-electron chi connectivity index (χ1n) is 23.7.